The fourth-order valence-electron chi connectivity index (χ4n) is 1.52. The van der Waals surface area contributed by atoms with Crippen molar-refractivity contribution in [1.29, 1.82) is 0 Å². The van der Waals surface area contributed by atoms with Gasteiger partial charge in [-0.25, -0.2) is 0 Å². The van der Waals surface area contributed by atoms with E-state index in [1.54, 1.807) is 25.7 Å². The first-order valence-electron chi connectivity index (χ1n) is 6.01. The maximum atomic E-state index is 11.6. The Morgan fingerprint density at radius 1 is 1.06 bits per heavy atom. The fraction of sp³-hybridized carbons (Fsp3) is 0.833. The van der Waals surface area contributed by atoms with Crippen LogP contribution in [-0.4, -0.2) is 48.7 Å². The first-order valence-corrected chi connectivity index (χ1v) is 6.01. The topological polar surface area (TPSA) is 55.8 Å². The van der Waals surface area contributed by atoms with E-state index in [0.29, 0.717) is 13.2 Å². The molecular weight excluding hydrogens is 222 g/mol. The molecule has 17 heavy (non-hydrogen) atoms. The average Bonchev–Trinajstić information content (AvgIpc) is 2.25. The molecule has 5 heteroatoms. The second-order valence-corrected chi connectivity index (χ2v) is 4.00. The molecule has 0 heterocycles. The molecular formula is C12H23NO4. The van der Waals surface area contributed by atoms with Crippen LogP contribution in [0.5, 0.6) is 0 Å². The Bertz CT molecular complexity index is 253. The number of esters is 2. The second kappa shape index (κ2) is 8.06. The van der Waals surface area contributed by atoms with E-state index in [9.17, 15) is 9.59 Å². The van der Waals surface area contributed by atoms with E-state index in [-0.39, 0.29) is 24.5 Å². The first-order chi connectivity index (χ1) is 7.93. The van der Waals surface area contributed by atoms with Crippen molar-refractivity contribution in [3.63, 3.8) is 0 Å². The largest absolute Gasteiger partial charge is 0.465 e. The minimum absolute atomic E-state index is 0.0683. The third-order valence-electron chi connectivity index (χ3n) is 2.41. The van der Waals surface area contributed by atoms with Crippen molar-refractivity contribution >= 4 is 11.9 Å². The third-order valence-corrected chi connectivity index (χ3v) is 2.41. The molecule has 0 amide bonds. The quantitative estimate of drug-likeness (QED) is 0.631. The van der Waals surface area contributed by atoms with E-state index >= 15 is 0 Å². The van der Waals surface area contributed by atoms with Crippen LogP contribution in [0.3, 0.4) is 0 Å². The van der Waals surface area contributed by atoms with E-state index < -0.39 is 6.04 Å². The fourth-order valence-corrected chi connectivity index (χ4v) is 1.52. The summed E-state index contributed by atoms with van der Waals surface area (Å²) in [6.45, 7) is 9.89. The SMILES string of the molecule is CCOC(=O)CN(C(C)C)C(C)C(=O)OCC. The van der Waals surface area contributed by atoms with Crippen LogP contribution in [0.15, 0.2) is 0 Å². The van der Waals surface area contributed by atoms with Gasteiger partial charge in [0.1, 0.15) is 6.04 Å². The summed E-state index contributed by atoms with van der Waals surface area (Å²) in [7, 11) is 0. The lowest BCUT2D eigenvalue weighted by Crippen LogP contribution is -2.47. The van der Waals surface area contributed by atoms with Gasteiger partial charge in [0, 0.05) is 6.04 Å². The number of rotatable bonds is 7. The molecule has 0 aromatic carbocycles. The van der Waals surface area contributed by atoms with Crippen molar-refractivity contribution in [1.82, 2.24) is 4.90 Å². The van der Waals surface area contributed by atoms with Crippen molar-refractivity contribution in [2.75, 3.05) is 19.8 Å². The minimum Gasteiger partial charge on any atom is -0.465 e. The van der Waals surface area contributed by atoms with Gasteiger partial charge in [0.2, 0.25) is 0 Å². The second-order valence-electron chi connectivity index (χ2n) is 4.00. The molecule has 0 saturated carbocycles. The zero-order valence-electron chi connectivity index (χ0n) is 11.4. The van der Waals surface area contributed by atoms with Crippen molar-refractivity contribution in [3.05, 3.63) is 0 Å². The van der Waals surface area contributed by atoms with E-state index in [1.165, 1.54) is 0 Å². The Hall–Kier alpha value is -1.10. The monoisotopic (exact) mass is 245 g/mol. The summed E-state index contributed by atoms with van der Waals surface area (Å²) < 4.78 is 9.82. The molecule has 0 saturated heterocycles. The maximum Gasteiger partial charge on any atom is 0.323 e. The first kappa shape index (κ1) is 15.9. The maximum absolute atomic E-state index is 11.6. The summed E-state index contributed by atoms with van der Waals surface area (Å²) in [5.41, 5.74) is 0. The summed E-state index contributed by atoms with van der Waals surface area (Å²) in [4.78, 5) is 24.8. The van der Waals surface area contributed by atoms with Crippen LogP contribution in [0, 0.1) is 0 Å². The van der Waals surface area contributed by atoms with Gasteiger partial charge in [0.05, 0.1) is 19.8 Å². The predicted molar refractivity (Wildman–Crippen MR) is 64.6 cm³/mol. The lowest BCUT2D eigenvalue weighted by atomic mass is 10.2. The molecule has 0 aromatic rings. The highest BCUT2D eigenvalue weighted by atomic mass is 16.5. The summed E-state index contributed by atoms with van der Waals surface area (Å²) in [6, 6.07) is -0.377. The minimum atomic E-state index is -0.445. The van der Waals surface area contributed by atoms with Gasteiger partial charge in [-0.15, -0.1) is 0 Å². The zero-order valence-corrected chi connectivity index (χ0v) is 11.4. The average molecular weight is 245 g/mol. The van der Waals surface area contributed by atoms with Gasteiger partial charge in [0.25, 0.3) is 0 Å². The summed E-state index contributed by atoms with van der Waals surface area (Å²) in [6.07, 6.45) is 0. The standard InChI is InChI=1S/C12H23NO4/c1-6-16-11(14)8-13(9(3)4)10(5)12(15)17-7-2/h9-10H,6-8H2,1-5H3. The van der Waals surface area contributed by atoms with Crippen LogP contribution < -0.4 is 0 Å². The normalized spacial score (nSPS) is 12.6. The van der Waals surface area contributed by atoms with Crippen molar-refractivity contribution in [2.24, 2.45) is 0 Å². The molecule has 1 unspecified atom stereocenters. The molecule has 0 aliphatic heterocycles. The predicted octanol–water partition coefficient (Wildman–Crippen LogP) is 1.21. The van der Waals surface area contributed by atoms with E-state index in [2.05, 4.69) is 0 Å². The van der Waals surface area contributed by atoms with Gasteiger partial charge in [-0.1, -0.05) is 0 Å². The summed E-state index contributed by atoms with van der Waals surface area (Å²) in [5.74, 6) is -0.636. The number of hydrogen-bond acceptors (Lipinski definition) is 5. The molecule has 0 aliphatic rings. The Morgan fingerprint density at radius 3 is 2.00 bits per heavy atom. The molecule has 0 fully saturated rings. The molecule has 1 atom stereocenters. The molecule has 5 nitrogen and oxygen atoms in total. The van der Waals surface area contributed by atoms with Crippen LogP contribution >= 0.6 is 0 Å². The van der Waals surface area contributed by atoms with E-state index in [0.717, 1.165) is 0 Å². The van der Waals surface area contributed by atoms with Crippen molar-refractivity contribution in [2.45, 2.75) is 46.7 Å². The van der Waals surface area contributed by atoms with Crippen LogP contribution in [0.25, 0.3) is 0 Å². The number of ether oxygens (including phenoxy) is 2. The Kier molecular flexibility index (Phi) is 7.54. The molecule has 0 N–H and O–H groups in total. The molecule has 0 aliphatic carbocycles. The molecule has 0 rings (SSSR count). The summed E-state index contributed by atoms with van der Waals surface area (Å²) in [5, 5.41) is 0. The highest BCUT2D eigenvalue weighted by Gasteiger charge is 2.26. The molecule has 0 aromatic heterocycles. The molecule has 100 valence electrons. The third kappa shape index (κ3) is 5.68. The van der Waals surface area contributed by atoms with E-state index in [4.69, 9.17) is 9.47 Å². The lowest BCUT2D eigenvalue weighted by molar-refractivity contribution is -0.153. The number of carbonyl (C=O) groups is 2. The van der Waals surface area contributed by atoms with Crippen LogP contribution in [0.1, 0.15) is 34.6 Å². The zero-order chi connectivity index (χ0) is 13.4. The Morgan fingerprint density at radius 2 is 1.59 bits per heavy atom. The van der Waals surface area contributed by atoms with Gasteiger partial charge in [-0.05, 0) is 34.6 Å². The summed E-state index contributed by atoms with van der Waals surface area (Å²) >= 11 is 0. The molecule has 0 radical (unpaired) electrons. The highest BCUT2D eigenvalue weighted by Crippen LogP contribution is 2.07. The molecule has 0 bridgehead atoms. The number of hydrogen-bond donors (Lipinski definition) is 0. The Labute approximate surface area is 103 Å². The van der Waals surface area contributed by atoms with Gasteiger partial charge < -0.3 is 9.47 Å². The van der Waals surface area contributed by atoms with Crippen molar-refractivity contribution in [3.8, 4) is 0 Å². The lowest BCUT2D eigenvalue weighted by Gasteiger charge is -2.29. The number of carbonyl (C=O) groups excluding carboxylic acids is 2. The highest BCUT2D eigenvalue weighted by molar-refractivity contribution is 5.77. The van der Waals surface area contributed by atoms with Gasteiger partial charge >= 0.3 is 11.9 Å². The van der Waals surface area contributed by atoms with E-state index in [1.807, 2.05) is 13.8 Å². The van der Waals surface area contributed by atoms with Crippen LogP contribution in [0.4, 0.5) is 0 Å². The van der Waals surface area contributed by atoms with Gasteiger partial charge in [0.15, 0.2) is 0 Å². The van der Waals surface area contributed by atoms with Gasteiger partial charge in [-0.2, -0.15) is 0 Å². The van der Waals surface area contributed by atoms with Crippen molar-refractivity contribution < 1.29 is 19.1 Å². The number of nitrogens with zero attached hydrogens (tertiary/aromatic N) is 1. The van der Waals surface area contributed by atoms with Crippen LogP contribution in [0.2, 0.25) is 0 Å². The molecule has 0 spiro atoms. The van der Waals surface area contributed by atoms with Crippen LogP contribution in [-0.2, 0) is 19.1 Å². The Balaban J connectivity index is 4.51. The van der Waals surface area contributed by atoms with Gasteiger partial charge in [-0.3, -0.25) is 14.5 Å². The smallest absolute Gasteiger partial charge is 0.323 e.